The molecule has 0 aliphatic rings. The molecule has 0 radical (unpaired) electrons. The number of aliphatic hydroxyl groups is 3. The molecule has 1 amide bonds. The van der Waals surface area contributed by atoms with E-state index in [0.29, 0.717) is 6.42 Å². The van der Waals surface area contributed by atoms with Gasteiger partial charge in [-0.25, -0.2) is 0 Å². The van der Waals surface area contributed by atoms with E-state index in [9.17, 15) is 4.79 Å². The third kappa shape index (κ3) is 4.98. The Morgan fingerprint density at radius 3 is 2.16 bits per heavy atom. The smallest absolute Gasteiger partial charge is 0.220 e. The van der Waals surface area contributed by atoms with Crippen molar-refractivity contribution in [3.8, 4) is 0 Å². The van der Waals surface area contributed by atoms with Crippen LogP contribution in [0.4, 0.5) is 0 Å². The first-order valence-corrected chi connectivity index (χ1v) is 6.33. The van der Waals surface area contributed by atoms with Crippen molar-refractivity contribution in [2.24, 2.45) is 0 Å². The van der Waals surface area contributed by atoms with Gasteiger partial charge in [0.1, 0.15) is 5.54 Å². The van der Waals surface area contributed by atoms with E-state index in [1.54, 1.807) is 0 Å². The summed E-state index contributed by atoms with van der Waals surface area (Å²) in [5.41, 5.74) is -0.169. The Hall–Kier alpha value is -1.43. The number of rotatable bonds is 8. The van der Waals surface area contributed by atoms with Crippen molar-refractivity contribution in [1.82, 2.24) is 5.32 Å². The van der Waals surface area contributed by atoms with Gasteiger partial charge in [0.2, 0.25) is 5.91 Å². The summed E-state index contributed by atoms with van der Waals surface area (Å²) >= 11 is 0. The van der Waals surface area contributed by atoms with Crippen molar-refractivity contribution in [1.29, 1.82) is 0 Å². The Morgan fingerprint density at radius 1 is 1.05 bits per heavy atom. The zero-order chi connectivity index (χ0) is 14.1. The van der Waals surface area contributed by atoms with Crippen LogP contribution in [0.2, 0.25) is 0 Å². The maximum absolute atomic E-state index is 11.7. The predicted octanol–water partition coefficient (Wildman–Crippen LogP) is -0.159. The largest absolute Gasteiger partial charge is 0.394 e. The lowest BCUT2D eigenvalue weighted by atomic mass is 10.0. The van der Waals surface area contributed by atoms with E-state index in [0.717, 1.165) is 12.0 Å². The van der Waals surface area contributed by atoms with Crippen LogP contribution in [0, 0.1) is 0 Å². The number of amides is 1. The fraction of sp³-hybridized carbons (Fsp3) is 0.500. The van der Waals surface area contributed by atoms with Crippen molar-refractivity contribution in [3.63, 3.8) is 0 Å². The van der Waals surface area contributed by atoms with E-state index in [2.05, 4.69) is 5.32 Å². The first-order valence-electron chi connectivity index (χ1n) is 6.33. The highest BCUT2D eigenvalue weighted by molar-refractivity contribution is 5.76. The number of hydrogen-bond acceptors (Lipinski definition) is 4. The second-order valence-electron chi connectivity index (χ2n) is 4.64. The second-order valence-corrected chi connectivity index (χ2v) is 4.64. The fourth-order valence-corrected chi connectivity index (χ4v) is 1.72. The molecular formula is C14H21NO4. The summed E-state index contributed by atoms with van der Waals surface area (Å²) in [6.45, 7) is -1.49. The van der Waals surface area contributed by atoms with Crippen molar-refractivity contribution in [2.75, 3.05) is 19.8 Å². The van der Waals surface area contributed by atoms with E-state index in [-0.39, 0.29) is 12.3 Å². The van der Waals surface area contributed by atoms with Crippen LogP contribution >= 0.6 is 0 Å². The highest BCUT2D eigenvalue weighted by Crippen LogP contribution is 2.06. The van der Waals surface area contributed by atoms with Gasteiger partial charge in [0.25, 0.3) is 0 Å². The monoisotopic (exact) mass is 267 g/mol. The summed E-state index contributed by atoms with van der Waals surface area (Å²) in [6.07, 6.45) is 1.75. The summed E-state index contributed by atoms with van der Waals surface area (Å²) in [5.74, 6) is -0.284. The van der Waals surface area contributed by atoms with Crippen molar-refractivity contribution >= 4 is 5.91 Å². The molecule has 0 bridgehead atoms. The minimum absolute atomic E-state index is 0.284. The van der Waals surface area contributed by atoms with Crippen molar-refractivity contribution in [2.45, 2.75) is 24.8 Å². The lowest BCUT2D eigenvalue weighted by Gasteiger charge is -2.28. The predicted molar refractivity (Wildman–Crippen MR) is 71.5 cm³/mol. The van der Waals surface area contributed by atoms with E-state index in [4.69, 9.17) is 15.3 Å². The Kier molecular flexibility index (Phi) is 6.49. The molecule has 0 aromatic heterocycles. The van der Waals surface area contributed by atoms with Gasteiger partial charge in [-0.05, 0) is 18.4 Å². The van der Waals surface area contributed by atoms with E-state index >= 15 is 0 Å². The zero-order valence-corrected chi connectivity index (χ0v) is 10.9. The van der Waals surface area contributed by atoms with E-state index in [1.165, 1.54) is 0 Å². The molecule has 106 valence electrons. The van der Waals surface area contributed by atoms with Crippen LogP contribution in [-0.2, 0) is 11.2 Å². The number of carbonyl (C=O) groups is 1. The van der Waals surface area contributed by atoms with E-state index in [1.807, 2.05) is 30.3 Å². The number of benzene rings is 1. The number of aliphatic hydroxyl groups excluding tert-OH is 3. The summed E-state index contributed by atoms with van der Waals surface area (Å²) in [4.78, 5) is 11.7. The van der Waals surface area contributed by atoms with E-state index < -0.39 is 25.4 Å². The molecule has 4 N–H and O–H groups in total. The molecule has 19 heavy (non-hydrogen) atoms. The van der Waals surface area contributed by atoms with Crippen molar-refractivity contribution in [3.05, 3.63) is 35.9 Å². The van der Waals surface area contributed by atoms with Gasteiger partial charge in [0.15, 0.2) is 0 Å². The van der Waals surface area contributed by atoms with Gasteiger partial charge in [0.05, 0.1) is 19.8 Å². The Morgan fingerprint density at radius 2 is 1.63 bits per heavy atom. The van der Waals surface area contributed by atoms with Gasteiger partial charge < -0.3 is 20.6 Å². The van der Waals surface area contributed by atoms with Gasteiger partial charge in [-0.1, -0.05) is 30.3 Å². The normalized spacial score (nSPS) is 11.3. The number of aryl methyl sites for hydroxylation is 1. The standard InChI is InChI=1S/C14H21NO4/c16-9-14(10-17,11-18)15-13(19)8-4-7-12-5-2-1-3-6-12/h1-3,5-6,16-18H,4,7-11H2,(H,15,19). The van der Waals surface area contributed by atoms with Gasteiger partial charge in [0, 0.05) is 6.42 Å². The average Bonchev–Trinajstić information content (AvgIpc) is 2.46. The second kappa shape index (κ2) is 7.89. The SMILES string of the molecule is O=C(CCCc1ccccc1)NC(CO)(CO)CO. The lowest BCUT2D eigenvalue weighted by molar-refractivity contribution is -0.125. The van der Waals surface area contributed by atoms with Crippen molar-refractivity contribution < 1.29 is 20.1 Å². The molecule has 0 spiro atoms. The van der Waals surface area contributed by atoms with Gasteiger partial charge in [-0.2, -0.15) is 0 Å². The fourth-order valence-electron chi connectivity index (χ4n) is 1.72. The summed E-state index contributed by atoms with van der Waals surface area (Å²) in [5, 5.41) is 29.8. The van der Waals surface area contributed by atoms with Crippen LogP contribution < -0.4 is 5.32 Å². The maximum Gasteiger partial charge on any atom is 0.220 e. The summed E-state index contributed by atoms with van der Waals surface area (Å²) < 4.78 is 0. The first-order chi connectivity index (χ1) is 9.15. The van der Waals surface area contributed by atoms with Crippen LogP contribution in [0.25, 0.3) is 0 Å². The molecule has 0 unspecified atom stereocenters. The highest BCUT2D eigenvalue weighted by Gasteiger charge is 2.29. The lowest BCUT2D eigenvalue weighted by Crippen LogP contribution is -2.57. The van der Waals surface area contributed by atoms with Gasteiger partial charge >= 0.3 is 0 Å². The molecule has 0 aliphatic heterocycles. The maximum atomic E-state index is 11.7. The molecule has 5 nitrogen and oxygen atoms in total. The minimum atomic E-state index is -1.33. The number of hydrogen-bond donors (Lipinski definition) is 4. The van der Waals surface area contributed by atoms with Crippen LogP contribution in [0.1, 0.15) is 18.4 Å². The van der Waals surface area contributed by atoms with Crippen LogP contribution in [0.5, 0.6) is 0 Å². The Labute approximate surface area is 112 Å². The molecule has 0 fully saturated rings. The molecule has 1 aromatic carbocycles. The Bertz CT molecular complexity index is 368. The topological polar surface area (TPSA) is 89.8 Å². The molecule has 0 saturated carbocycles. The highest BCUT2D eigenvalue weighted by atomic mass is 16.3. The summed E-state index contributed by atoms with van der Waals surface area (Å²) in [6, 6.07) is 9.83. The van der Waals surface area contributed by atoms with Crippen LogP contribution in [-0.4, -0.2) is 46.6 Å². The number of carbonyl (C=O) groups excluding carboxylic acids is 1. The molecule has 1 rings (SSSR count). The minimum Gasteiger partial charge on any atom is -0.394 e. The molecule has 0 saturated heterocycles. The number of nitrogens with one attached hydrogen (secondary N) is 1. The zero-order valence-electron chi connectivity index (χ0n) is 10.9. The Balaban J connectivity index is 2.35. The van der Waals surface area contributed by atoms with Crippen LogP contribution in [0.15, 0.2) is 30.3 Å². The molecule has 0 aliphatic carbocycles. The average molecular weight is 267 g/mol. The molecule has 5 heteroatoms. The summed E-state index contributed by atoms with van der Waals surface area (Å²) in [7, 11) is 0. The molecule has 0 heterocycles. The first kappa shape index (κ1) is 15.6. The third-order valence-corrected chi connectivity index (χ3v) is 3.02. The molecular weight excluding hydrogens is 246 g/mol. The van der Waals surface area contributed by atoms with Gasteiger partial charge in [-0.3, -0.25) is 4.79 Å². The molecule has 0 atom stereocenters. The van der Waals surface area contributed by atoms with Crippen LogP contribution in [0.3, 0.4) is 0 Å². The molecule has 1 aromatic rings. The quantitative estimate of drug-likeness (QED) is 0.527. The third-order valence-electron chi connectivity index (χ3n) is 3.02. The van der Waals surface area contributed by atoms with Gasteiger partial charge in [-0.15, -0.1) is 0 Å².